The van der Waals surface area contributed by atoms with Crippen LogP contribution >= 0.6 is 0 Å². The van der Waals surface area contributed by atoms with Crippen LogP contribution < -0.4 is 0 Å². The third kappa shape index (κ3) is 8.05. The van der Waals surface area contributed by atoms with E-state index in [0.29, 0.717) is 34.9 Å². The summed E-state index contributed by atoms with van der Waals surface area (Å²) in [6, 6.07) is 61.2. The van der Waals surface area contributed by atoms with E-state index in [2.05, 4.69) is 142 Å². The lowest BCUT2D eigenvalue weighted by molar-refractivity contribution is 1.03. The summed E-state index contributed by atoms with van der Waals surface area (Å²) in [5.41, 5.74) is 12.3. The minimum absolute atomic E-state index is 0.610. The number of fused-ring (bicyclic) bond motifs is 3. The Labute approximate surface area is 379 Å². The molecule has 0 fully saturated rings. The van der Waals surface area contributed by atoms with Gasteiger partial charge in [0.2, 0.25) is 0 Å². The van der Waals surface area contributed by atoms with E-state index in [-0.39, 0.29) is 0 Å². The highest BCUT2D eigenvalue weighted by Gasteiger charge is 2.20. The van der Waals surface area contributed by atoms with Crippen LogP contribution in [0.5, 0.6) is 0 Å². The molecule has 0 saturated heterocycles. The highest BCUT2D eigenvalue weighted by Crippen LogP contribution is 2.45. The second-order valence-corrected chi connectivity index (χ2v) is 16.1. The molecule has 10 aromatic rings. The zero-order valence-corrected chi connectivity index (χ0v) is 36.4. The van der Waals surface area contributed by atoms with Crippen molar-refractivity contribution in [1.82, 2.24) is 29.9 Å². The maximum absolute atomic E-state index is 5.06. The zero-order valence-electron chi connectivity index (χ0n) is 36.4. The molecular formula is C59H44N6. The van der Waals surface area contributed by atoms with Gasteiger partial charge < -0.3 is 0 Å². The molecule has 310 valence electrons. The fourth-order valence-electron chi connectivity index (χ4n) is 8.46. The number of aromatic nitrogens is 6. The molecule has 6 nitrogen and oxygen atoms in total. The van der Waals surface area contributed by atoms with Gasteiger partial charge in [-0.05, 0) is 81.3 Å². The van der Waals surface area contributed by atoms with Crippen LogP contribution in [0, 0.1) is 13.8 Å². The van der Waals surface area contributed by atoms with E-state index in [1.165, 1.54) is 21.5 Å². The fourth-order valence-corrected chi connectivity index (χ4v) is 8.46. The molecule has 10 rings (SSSR count). The minimum atomic E-state index is 0.610. The molecule has 0 atom stereocenters. The molecule has 0 aliphatic rings. The maximum atomic E-state index is 5.06. The second-order valence-electron chi connectivity index (χ2n) is 16.1. The van der Waals surface area contributed by atoms with E-state index in [1.54, 1.807) is 6.08 Å². The molecule has 0 aliphatic carbocycles. The van der Waals surface area contributed by atoms with Crippen molar-refractivity contribution in [3.63, 3.8) is 0 Å². The molecule has 65 heavy (non-hydrogen) atoms. The van der Waals surface area contributed by atoms with Gasteiger partial charge in [0.1, 0.15) is 0 Å². The third-order valence-electron chi connectivity index (χ3n) is 11.8. The van der Waals surface area contributed by atoms with Gasteiger partial charge in [0.05, 0.1) is 0 Å². The van der Waals surface area contributed by atoms with Gasteiger partial charge in [-0.25, -0.2) is 29.9 Å². The van der Waals surface area contributed by atoms with E-state index in [9.17, 15) is 0 Å². The SMILES string of the molecule is C=C/C=C\C=C(/C)c1nc(-c2ccc(-c3c(-c4ccc(-c5nc(-c6ccccc6)nc(-c6ccccc6C)n5)cc4)c4ccccc4c4ccccc34)cc2)nc(-c2ccccc2C)n1. The van der Waals surface area contributed by atoms with Crippen LogP contribution in [0.15, 0.2) is 207 Å². The number of benzene rings is 8. The third-order valence-corrected chi connectivity index (χ3v) is 11.8. The normalized spacial score (nSPS) is 11.7. The first-order valence-electron chi connectivity index (χ1n) is 21.7. The van der Waals surface area contributed by atoms with Gasteiger partial charge in [-0.3, -0.25) is 0 Å². The Kier molecular flexibility index (Phi) is 11.1. The molecule has 0 radical (unpaired) electrons. The minimum Gasteiger partial charge on any atom is -0.209 e. The van der Waals surface area contributed by atoms with Crippen LogP contribution in [0.3, 0.4) is 0 Å². The van der Waals surface area contributed by atoms with E-state index < -0.39 is 0 Å². The summed E-state index contributed by atoms with van der Waals surface area (Å²) in [4.78, 5) is 30.1. The lowest BCUT2D eigenvalue weighted by atomic mass is 9.84. The summed E-state index contributed by atoms with van der Waals surface area (Å²) in [7, 11) is 0. The number of nitrogens with zero attached hydrogens (tertiary/aromatic N) is 6. The fraction of sp³-hybridized carbons (Fsp3) is 0.0508. The number of rotatable bonds is 10. The lowest BCUT2D eigenvalue weighted by Crippen LogP contribution is -2.02. The van der Waals surface area contributed by atoms with Crippen LogP contribution in [0.2, 0.25) is 0 Å². The first-order valence-corrected chi connectivity index (χ1v) is 21.7. The van der Waals surface area contributed by atoms with Crippen molar-refractivity contribution < 1.29 is 0 Å². The number of aryl methyl sites for hydroxylation is 2. The average molecular weight is 837 g/mol. The average Bonchev–Trinajstić information content (AvgIpc) is 3.36. The van der Waals surface area contributed by atoms with E-state index in [4.69, 9.17) is 29.9 Å². The molecule has 0 amide bonds. The molecule has 0 unspecified atom stereocenters. The van der Waals surface area contributed by atoms with Crippen LogP contribution in [-0.2, 0) is 0 Å². The van der Waals surface area contributed by atoms with Crippen molar-refractivity contribution in [3.8, 4) is 79.2 Å². The molecule has 8 aromatic carbocycles. The first kappa shape index (κ1) is 40.6. The van der Waals surface area contributed by atoms with Crippen LogP contribution in [0.4, 0.5) is 0 Å². The Morgan fingerprint density at radius 1 is 0.369 bits per heavy atom. The molecule has 0 saturated carbocycles. The molecule has 0 bridgehead atoms. The zero-order chi connectivity index (χ0) is 44.3. The predicted octanol–water partition coefficient (Wildman–Crippen LogP) is 14.8. The van der Waals surface area contributed by atoms with Crippen molar-refractivity contribution in [1.29, 1.82) is 0 Å². The molecule has 0 N–H and O–H groups in total. The Bertz CT molecular complexity index is 3460. The second kappa shape index (κ2) is 17.7. The highest BCUT2D eigenvalue weighted by molar-refractivity contribution is 6.21. The molecule has 2 aromatic heterocycles. The van der Waals surface area contributed by atoms with Crippen LogP contribution in [-0.4, -0.2) is 29.9 Å². The van der Waals surface area contributed by atoms with Gasteiger partial charge in [-0.2, -0.15) is 0 Å². The standard InChI is InChI=1S/C59H44N6/c1-5-6-8-21-40(4)54-60-56(64-58(61-54)46-24-13-11-19-38(46)2)44-34-30-41(31-35-44)52-50-28-17-15-26-48(50)49-27-16-18-29-51(49)53(52)42-32-36-45(37-33-42)57-62-55(43-22-9-7-10-23-43)63-59(65-57)47-25-14-12-20-39(47)3/h5-37H,1H2,2-4H3/b8-6-,40-21+. The molecular weight excluding hydrogens is 793 g/mol. The van der Waals surface area contributed by atoms with Gasteiger partial charge in [-0.15, -0.1) is 0 Å². The number of hydrogen-bond acceptors (Lipinski definition) is 6. The highest BCUT2D eigenvalue weighted by atomic mass is 15.0. The molecule has 2 heterocycles. The summed E-state index contributed by atoms with van der Waals surface area (Å²) in [6.45, 7) is 10.00. The summed E-state index contributed by atoms with van der Waals surface area (Å²) >= 11 is 0. The Morgan fingerprint density at radius 2 is 0.738 bits per heavy atom. The Hall–Kier alpha value is -8.48. The van der Waals surface area contributed by atoms with Crippen molar-refractivity contribution in [2.75, 3.05) is 0 Å². The van der Waals surface area contributed by atoms with Gasteiger partial charge in [0.15, 0.2) is 34.9 Å². The smallest absolute Gasteiger partial charge is 0.164 e. The van der Waals surface area contributed by atoms with Crippen molar-refractivity contribution in [2.24, 2.45) is 0 Å². The lowest BCUT2D eigenvalue weighted by Gasteiger charge is -2.19. The Balaban J connectivity index is 1.11. The summed E-state index contributed by atoms with van der Waals surface area (Å²) in [5, 5.41) is 4.73. The van der Waals surface area contributed by atoms with Crippen LogP contribution in [0.1, 0.15) is 23.9 Å². The Morgan fingerprint density at radius 3 is 1.23 bits per heavy atom. The molecule has 0 aliphatic heterocycles. The summed E-state index contributed by atoms with van der Waals surface area (Å²) in [5.74, 6) is 3.77. The van der Waals surface area contributed by atoms with E-state index >= 15 is 0 Å². The molecule has 6 heteroatoms. The quantitative estimate of drug-likeness (QED) is 0.101. The van der Waals surface area contributed by atoms with E-state index in [0.717, 1.165) is 66.8 Å². The largest absolute Gasteiger partial charge is 0.209 e. The monoisotopic (exact) mass is 836 g/mol. The van der Waals surface area contributed by atoms with Crippen molar-refractivity contribution in [3.05, 3.63) is 224 Å². The van der Waals surface area contributed by atoms with Gasteiger partial charge in [0.25, 0.3) is 0 Å². The topological polar surface area (TPSA) is 77.3 Å². The van der Waals surface area contributed by atoms with E-state index in [1.807, 2.05) is 79.7 Å². The number of allylic oxidation sites excluding steroid dienone is 5. The van der Waals surface area contributed by atoms with Crippen molar-refractivity contribution >= 4 is 27.1 Å². The van der Waals surface area contributed by atoms with Crippen LogP contribution in [0.25, 0.3) is 106 Å². The maximum Gasteiger partial charge on any atom is 0.164 e. The number of hydrogen-bond donors (Lipinski definition) is 0. The van der Waals surface area contributed by atoms with Gasteiger partial charge >= 0.3 is 0 Å². The van der Waals surface area contributed by atoms with Gasteiger partial charge in [0, 0.05) is 27.8 Å². The summed E-state index contributed by atoms with van der Waals surface area (Å²) < 4.78 is 0. The first-order chi connectivity index (χ1) is 31.9. The summed E-state index contributed by atoms with van der Waals surface area (Å²) in [6.07, 6.45) is 7.60. The van der Waals surface area contributed by atoms with Gasteiger partial charge in [-0.1, -0.05) is 207 Å². The molecule has 0 spiro atoms. The van der Waals surface area contributed by atoms with Crippen molar-refractivity contribution in [2.45, 2.75) is 20.8 Å². The predicted molar refractivity (Wildman–Crippen MR) is 269 cm³/mol.